The summed E-state index contributed by atoms with van der Waals surface area (Å²) in [6.45, 7) is 1.68. The quantitative estimate of drug-likeness (QED) is 0.674. The van der Waals surface area contributed by atoms with E-state index in [4.69, 9.17) is 14.5 Å². The Balaban J connectivity index is 1.65. The van der Waals surface area contributed by atoms with Crippen molar-refractivity contribution in [1.82, 2.24) is 19.9 Å². The van der Waals surface area contributed by atoms with Crippen molar-refractivity contribution < 1.29 is 9.47 Å². The number of benzene rings is 1. The topological polar surface area (TPSA) is 80.3 Å². The third-order valence-electron chi connectivity index (χ3n) is 5.45. The third kappa shape index (κ3) is 4.52. The molecular formula is C23H26N4O3. The third-order valence-corrected chi connectivity index (χ3v) is 5.45. The number of nitrogens with one attached hydrogen (secondary N) is 1. The average molecular weight is 406 g/mol. The highest BCUT2D eigenvalue weighted by molar-refractivity contribution is 5.52. The van der Waals surface area contributed by atoms with Crippen LogP contribution in [0, 0.1) is 0 Å². The second-order valence-electron chi connectivity index (χ2n) is 7.46. The van der Waals surface area contributed by atoms with Crippen molar-refractivity contribution in [3.05, 3.63) is 70.4 Å². The number of rotatable bonds is 6. The first-order valence-corrected chi connectivity index (χ1v) is 10.1. The van der Waals surface area contributed by atoms with E-state index in [1.165, 1.54) is 0 Å². The first-order chi connectivity index (χ1) is 14.7. The van der Waals surface area contributed by atoms with E-state index in [-0.39, 0.29) is 11.6 Å². The Labute approximate surface area is 175 Å². The Morgan fingerprint density at radius 1 is 1.13 bits per heavy atom. The number of piperidine rings is 1. The van der Waals surface area contributed by atoms with Gasteiger partial charge >= 0.3 is 0 Å². The predicted molar refractivity (Wildman–Crippen MR) is 115 cm³/mol. The lowest BCUT2D eigenvalue weighted by molar-refractivity contribution is 0.137. The average Bonchev–Trinajstić information content (AvgIpc) is 2.79. The van der Waals surface area contributed by atoms with Gasteiger partial charge in [0.15, 0.2) is 0 Å². The highest BCUT2D eigenvalue weighted by Gasteiger charge is 2.26. The Morgan fingerprint density at radius 2 is 1.93 bits per heavy atom. The molecule has 0 saturated carbocycles. The lowest BCUT2D eigenvalue weighted by Crippen LogP contribution is -2.34. The molecule has 0 aliphatic carbocycles. The van der Waals surface area contributed by atoms with Gasteiger partial charge in [0.2, 0.25) is 0 Å². The molecule has 0 amide bonds. The predicted octanol–water partition coefficient (Wildman–Crippen LogP) is 3.58. The molecule has 7 heteroatoms. The molecule has 1 aliphatic rings. The first kappa shape index (κ1) is 20.1. The van der Waals surface area contributed by atoms with Gasteiger partial charge < -0.3 is 14.5 Å². The Kier molecular flexibility index (Phi) is 6.09. The molecule has 0 bridgehead atoms. The fourth-order valence-electron chi connectivity index (χ4n) is 3.99. The van der Waals surface area contributed by atoms with Gasteiger partial charge in [-0.15, -0.1) is 0 Å². The minimum atomic E-state index is -0.146. The fraction of sp³-hybridized carbons (Fsp3) is 0.348. The summed E-state index contributed by atoms with van der Waals surface area (Å²) < 4.78 is 10.8. The Hall–Kier alpha value is -3.19. The van der Waals surface area contributed by atoms with Crippen LogP contribution < -0.4 is 15.0 Å². The van der Waals surface area contributed by atoms with Crippen molar-refractivity contribution in [2.24, 2.45) is 0 Å². The SMILES string of the molecule is COc1cc(CN2CCCC[C@H]2c2cc(=O)[nH]c(-c3cccnc3)n2)cc(OC)c1. The van der Waals surface area contributed by atoms with E-state index in [2.05, 4.69) is 14.9 Å². The van der Waals surface area contributed by atoms with Crippen molar-refractivity contribution in [3.8, 4) is 22.9 Å². The number of aromatic nitrogens is 3. The molecule has 1 atom stereocenters. The van der Waals surface area contributed by atoms with Gasteiger partial charge in [-0.25, -0.2) is 4.98 Å². The molecule has 1 aromatic carbocycles. The maximum absolute atomic E-state index is 12.4. The van der Waals surface area contributed by atoms with E-state index < -0.39 is 0 Å². The molecule has 0 radical (unpaired) electrons. The number of likely N-dealkylation sites (tertiary alicyclic amines) is 1. The Morgan fingerprint density at radius 3 is 2.63 bits per heavy atom. The van der Waals surface area contributed by atoms with Gasteiger partial charge in [-0.3, -0.25) is 14.7 Å². The van der Waals surface area contributed by atoms with E-state index in [0.29, 0.717) is 5.82 Å². The summed E-state index contributed by atoms with van der Waals surface area (Å²) in [6, 6.07) is 11.4. The molecule has 1 N–H and O–H groups in total. The summed E-state index contributed by atoms with van der Waals surface area (Å²) >= 11 is 0. The second kappa shape index (κ2) is 9.09. The summed E-state index contributed by atoms with van der Waals surface area (Å²) in [7, 11) is 3.31. The van der Waals surface area contributed by atoms with E-state index in [1.54, 1.807) is 32.7 Å². The zero-order chi connectivity index (χ0) is 20.9. The van der Waals surface area contributed by atoms with Crippen LogP contribution in [0.3, 0.4) is 0 Å². The maximum atomic E-state index is 12.4. The van der Waals surface area contributed by atoms with Crippen LogP contribution in [0.4, 0.5) is 0 Å². The highest BCUT2D eigenvalue weighted by Crippen LogP contribution is 2.32. The number of H-pyrrole nitrogens is 1. The molecule has 2 aromatic heterocycles. The van der Waals surface area contributed by atoms with Crippen LogP contribution in [-0.4, -0.2) is 40.6 Å². The number of ether oxygens (including phenoxy) is 2. The van der Waals surface area contributed by atoms with Crippen molar-refractivity contribution in [2.75, 3.05) is 20.8 Å². The zero-order valence-electron chi connectivity index (χ0n) is 17.3. The lowest BCUT2D eigenvalue weighted by atomic mass is 9.98. The van der Waals surface area contributed by atoms with Crippen molar-refractivity contribution in [2.45, 2.75) is 31.8 Å². The van der Waals surface area contributed by atoms with Crippen LogP contribution in [-0.2, 0) is 6.54 Å². The van der Waals surface area contributed by atoms with Crippen molar-refractivity contribution in [1.29, 1.82) is 0 Å². The molecule has 1 fully saturated rings. The largest absolute Gasteiger partial charge is 0.497 e. The van der Waals surface area contributed by atoms with Gasteiger partial charge in [0.1, 0.15) is 17.3 Å². The molecule has 7 nitrogen and oxygen atoms in total. The molecule has 1 aliphatic heterocycles. The summed E-state index contributed by atoms with van der Waals surface area (Å²) in [5, 5.41) is 0. The van der Waals surface area contributed by atoms with Crippen LogP contribution in [0.15, 0.2) is 53.6 Å². The van der Waals surface area contributed by atoms with Crippen molar-refractivity contribution in [3.63, 3.8) is 0 Å². The van der Waals surface area contributed by atoms with Crippen LogP contribution in [0.2, 0.25) is 0 Å². The highest BCUT2D eigenvalue weighted by atomic mass is 16.5. The number of methoxy groups -OCH3 is 2. The van der Waals surface area contributed by atoms with Gasteiger partial charge in [0, 0.05) is 36.6 Å². The number of hydrogen-bond donors (Lipinski definition) is 1. The molecule has 3 heterocycles. The van der Waals surface area contributed by atoms with E-state index in [1.807, 2.05) is 30.3 Å². The van der Waals surface area contributed by atoms with E-state index in [9.17, 15) is 4.79 Å². The van der Waals surface area contributed by atoms with Gasteiger partial charge in [-0.1, -0.05) is 6.42 Å². The normalized spacial score (nSPS) is 16.9. The van der Waals surface area contributed by atoms with Crippen LogP contribution >= 0.6 is 0 Å². The molecule has 0 unspecified atom stereocenters. The van der Waals surface area contributed by atoms with Crippen molar-refractivity contribution >= 4 is 0 Å². The van der Waals surface area contributed by atoms with E-state index in [0.717, 1.165) is 60.7 Å². The van der Waals surface area contributed by atoms with Gasteiger partial charge in [-0.05, 0) is 49.2 Å². The lowest BCUT2D eigenvalue weighted by Gasteiger charge is -2.35. The summed E-state index contributed by atoms with van der Waals surface area (Å²) in [5.74, 6) is 2.09. The summed E-state index contributed by atoms with van der Waals surface area (Å²) in [6.07, 6.45) is 6.61. The standard InChI is InChI=1S/C23H26N4O3/c1-29-18-10-16(11-19(12-18)30-2)15-27-9-4-3-7-21(27)20-13-22(28)26-23(25-20)17-6-5-8-24-14-17/h5-6,8,10-14,21H,3-4,7,9,15H2,1-2H3,(H,25,26,28)/t21-/m0/s1. The summed E-state index contributed by atoms with van der Waals surface area (Å²) in [4.78, 5) is 26.6. The van der Waals surface area contributed by atoms with Gasteiger partial charge in [0.05, 0.1) is 26.0 Å². The summed E-state index contributed by atoms with van der Waals surface area (Å²) in [5.41, 5.74) is 2.56. The number of aromatic amines is 1. The molecule has 3 aromatic rings. The van der Waals surface area contributed by atoms with Gasteiger partial charge in [-0.2, -0.15) is 0 Å². The molecule has 0 spiro atoms. The molecular weight excluding hydrogens is 380 g/mol. The number of nitrogens with zero attached hydrogens (tertiary/aromatic N) is 3. The molecule has 156 valence electrons. The monoisotopic (exact) mass is 406 g/mol. The molecule has 4 rings (SSSR count). The van der Waals surface area contributed by atoms with Crippen LogP contribution in [0.25, 0.3) is 11.4 Å². The number of hydrogen-bond acceptors (Lipinski definition) is 6. The molecule has 1 saturated heterocycles. The molecule has 30 heavy (non-hydrogen) atoms. The first-order valence-electron chi connectivity index (χ1n) is 10.1. The van der Waals surface area contributed by atoms with Crippen LogP contribution in [0.1, 0.15) is 36.6 Å². The second-order valence-corrected chi connectivity index (χ2v) is 7.46. The fourth-order valence-corrected chi connectivity index (χ4v) is 3.99. The Bertz CT molecular complexity index is 1030. The number of pyridine rings is 1. The van der Waals surface area contributed by atoms with E-state index >= 15 is 0 Å². The van der Waals surface area contributed by atoms with Crippen LogP contribution in [0.5, 0.6) is 11.5 Å². The zero-order valence-corrected chi connectivity index (χ0v) is 17.3. The van der Waals surface area contributed by atoms with Gasteiger partial charge in [0.25, 0.3) is 5.56 Å². The smallest absolute Gasteiger partial charge is 0.251 e. The minimum absolute atomic E-state index is 0.0775. The minimum Gasteiger partial charge on any atom is -0.497 e. The maximum Gasteiger partial charge on any atom is 0.251 e.